The van der Waals surface area contributed by atoms with Crippen LogP contribution in [-0.2, 0) is 0 Å². The van der Waals surface area contributed by atoms with Crippen molar-refractivity contribution in [2.24, 2.45) is 5.92 Å². The third-order valence-corrected chi connectivity index (χ3v) is 0.577. The minimum Gasteiger partial charge on any atom is -0.396 e. The Balaban J connectivity index is 2.63. The van der Waals surface area contributed by atoms with Crippen molar-refractivity contribution in [3.8, 4) is 0 Å². The Morgan fingerprint density at radius 2 is 2.17 bits per heavy atom. The molecule has 6 heavy (non-hydrogen) atoms. The molecule has 0 heterocycles. The molecule has 0 aromatic carbocycles. The summed E-state index contributed by atoms with van der Waals surface area (Å²) in [5, 5.41) is 8.18. The minimum atomic E-state index is 0.206. The predicted octanol–water partition coefficient (Wildman–Crippen LogP) is 0.839. The number of hydrogen-bond donors (Lipinski definition) is 1. The molecule has 1 N–H and O–H groups in total. The van der Waals surface area contributed by atoms with Gasteiger partial charge in [0.1, 0.15) is 0 Å². The van der Waals surface area contributed by atoms with Crippen LogP contribution in [0.5, 0.6) is 0 Å². The highest BCUT2D eigenvalue weighted by Crippen LogP contribution is 1.93. The van der Waals surface area contributed by atoms with Crippen LogP contribution in [0.25, 0.3) is 0 Å². The summed E-state index contributed by atoms with van der Waals surface area (Å²) in [4.78, 5) is 0. The fourth-order valence-corrected chi connectivity index (χ4v) is 0.211. The van der Waals surface area contributed by atoms with E-state index in [9.17, 15) is 0 Å². The first kappa shape index (κ1) is 5.96. The molecular formula is C5H11O. The highest BCUT2D eigenvalue weighted by atomic mass is 16.2. The molecule has 0 fully saturated rings. The molecule has 1 radical (unpaired) electrons. The topological polar surface area (TPSA) is 20.2 Å². The van der Waals surface area contributed by atoms with Crippen molar-refractivity contribution in [1.82, 2.24) is 0 Å². The van der Waals surface area contributed by atoms with E-state index >= 15 is 0 Å². The lowest BCUT2D eigenvalue weighted by Crippen LogP contribution is -1.91. The van der Waals surface area contributed by atoms with Gasteiger partial charge in [-0.1, -0.05) is 13.8 Å². The summed E-state index contributed by atoms with van der Waals surface area (Å²) in [6.45, 7) is 4.28. The third-order valence-electron chi connectivity index (χ3n) is 0.577. The Hall–Kier alpha value is -0.0400. The Kier molecular flexibility index (Phi) is 3.14. The molecule has 0 unspecified atom stereocenters. The molecule has 0 saturated heterocycles. The molecule has 0 saturated carbocycles. The molecule has 0 rings (SSSR count). The summed E-state index contributed by atoms with van der Waals surface area (Å²) in [6, 6.07) is 0. The minimum absolute atomic E-state index is 0.206. The summed E-state index contributed by atoms with van der Waals surface area (Å²) in [6.07, 6.45) is 1.85. The third kappa shape index (κ3) is 3.96. The lowest BCUT2D eigenvalue weighted by atomic mass is 10.2. The largest absolute Gasteiger partial charge is 0.396 e. The Labute approximate surface area is 39.0 Å². The molecule has 37 valence electrons. The second-order valence-corrected chi connectivity index (χ2v) is 1.66. The van der Waals surface area contributed by atoms with Gasteiger partial charge in [0.15, 0.2) is 0 Å². The second kappa shape index (κ2) is 3.16. The molecule has 1 nitrogen and oxygen atoms in total. The van der Waals surface area contributed by atoms with Crippen molar-refractivity contribution in [1.29, 1.82) is 0 Å². The van der Waals surface area contributed by atoms with E-state index < -0.39 is 0 Å². The first-order valence-electron chi connectivity index (χ1n) is 2.21. The van der Waals surface area contributed by atoms with Crippen molar-refractivity contribution >= 4 is 0 Å². The summed E-state index contributed by atoms with van der Waals surface area (Å²) in [7, 11) is 0. The van der Waals surface area contributed by atoms with E-state index in [0.29, 0.717) is 5.92 Å². The fraction of sp³-hybridized carbons (Fsp3) is 0.800. The Morgan fingerprint density at radius 3 is 2.17 bits per heavy atom. The average molecular weight is 87.1 g/mol. The number of hydrogen-bond acceptors (Lipinski definition) is 1. The monoisotopic (exact) mass is 87.1 g/mol. The zero-order valence-electron chi connectivity index (χ0n) is 4.31. The zero-order valence-corrected chi connectivity index (χ0v) is 4.31. The Morgan fingerprint density at radius 1 is 1.67 bits per heavy atom. The predicted molar refractivity (Wildman–Crippen MR) is 26.2 cm³/mol. The van der Waals surface area contributed by atoms with E-state index in [1.807, 2.05) is 20.3 Å². The average Bonchev–Trinajstić information content (AvgIpc) is 1.35. The second-order valence-electron chi connectivity index (χ2n) is 1.66. The van der Waals surface area contributed by atoms with E-state index in [2.05, 4.69) is 0 Å². The maximum absolute atomic E-state index is 8.18. The first-order valence-corrected chi connectivity index (χ1v) is 2.21. The highest BCUT2D eigenvalue weighted by Gasteiger charge is 1.87. The summed E-state index contributed by atoms with van der Waals surface area (Å²) < 4.78 is 0. The normalized spacial score (nSPS) is 10.0. The van der Waals surface area contributed by atoms with Gasteiger partial charge in [0, 0.05) is 6.61 Å². The number of aliphatic hydroxyl groups excluding tert-OH is 1. The van der Waals surface area contributed by atoms with Crippen LogP contribution >= 0.6 is 0 Å². The van der Waals surface area contributed by atoms with E-state index in [1.165, 1.54) is 0 Å². The van der Waals surface area contributed by atoms with Crippen molar-refractivity contribution in [3.63, 3.8) is 0 Å². The maximum Gasteiger partial charge on any atom is 0.0465 e. The van der Waals surface area contributed by atoms with E-state index in [4.69, 9.17) is 5.11 Å². The molecule has 1 heteroatoms. The van der Waals surface area contributed by atoms with Gasteiger partial charge in [0.2, 0.25) is 0 Å². The van der Waals surface area contributed by atoms with Gasteiger partial charge in [0.05, 0.1) is 0 Å². The van der Waals surface area contributed by atoms with Crippen LogP contribution in [0, 0.1) is 12.3 Å². The first-order chi connectivity index (χ1) is 2.77. The van der Waals surface area contributed by atoms with Crippen molar-refractivity contribution in [3.05, 3.63) is 6.42 Å². The van der Waals surface area contributed by atoms with Crippen LogP contribution in [0.2, 0.25) is 0 Å². The molecule has 0 amide bonds. The molecule has 0 spiro atoms. The lowest BCUT2D eigenvalue weighted by molar-refractivity contribution is 0.315. The smallest absolute Gasteiger partial charge is 0.0465 e. The van der Waals surface area contributed by atoms with Crippen LogP contribution in [0.4, 0.5) is 0 Å². The molecule has 0 aromatic rings. The molecular weight excluding hydrogens is 76.1 g/mol. The SMILES string of the molecule is CC(C)[CH]CO. The molecule has 0 aliphatic rings. The van der Waals surface area contributed by atoms with Crippen LogP contribution in [0.3, 0.4) is 0 Å². The molecule has 0 bridgehead atoms. The summed E-state index contributed by atoms with van der Waals surface area (Å²) in [5.41, 5.74) is 0. The molecule has 0 atom stereocenters. The summed E-state index contributed by atoms with van der Waals surface area (Å²) >= 11 is 0. The molecule has 0 aromatic heterocycles. The number of aliphatic hydroxyl groups is 1. The van der Waals surface area contributed by atoms with Crippen molar-refractivity contribution in [2.75, 3.05) is 6.61 Å². The van der Waals surface area contributed by atoms with E-state index in [1.54, 1.807) is 0 Å². The number of rotatable bonds is 2. The van der Waals surface area contributed by atoms with Crippen LogP contribution in [0.15, 0.2) is 0 Å². The lowest BCUT2D eigenvalue weighted by Gasteiger charge is -1.94. The van der Waals surface area contributed by atoms with Gasteiger partial charge in [-0.25, -0.2) is 0 Å². The Bertz CT molecular complexity index is 25.1. The van der Waals surface area contributed by atoms with Gasteiger partial charge in [-0.05, 0) is 12.3 Å². The van der Waals surface area contributed by atoms with Crippen LogP contribution in [0.1, 0.15) is 13.8 Å². The van der Waals surface area contributed by atoms with Crippen LogP contribution < -0.4 is 0 Å². The molecule has 0 aliphatic heterocycles. The standard InChI is InChI=1S/C5H11O/c1-5(2)3-4-6/h3,5-6H,4H2,1-2H3. The quantitative estimate of drug-likeness (QED) is 0.529. The van der Waals surface area contributed by atoms with Crippen LogP contribution in [-0.4, -0.2) is 11.7 Å². The van der Waals surface area contributed by atoms with E-state index in [0.717, 1.165) is 0 Å². The van der Waals surface area contributed by atoms with Gasteiger partial charge in [-0.2, -0.15) is 0 Å². The summed E-state index contributed by atoms with van der Waals surface area (Å²) in [5.74, 6) is 0.523. The van der Waals surface area contributed by atoms with Crippen molar-refractivity contribution < 1.29 is 5.11 Å². The van der Waals surface area contributed by atoms with Crippen molar-refractivity contribution in [2.45, 2.75) is 13.8 Å². The van der Waals surface area contributed by atoms with Gasteiger partial charge in [-0.3, -0.25) is 0 Å². The van der Waals surface area contributed by atoms with Gasteiger partial charge >= 0.3 is 0 Å². The molecule has 0 aliphatic carbocycles. The van der Waals surface area contributed by atoms with Gasteiger partial charge < -0.3 is 5.11 Å². The van der Waals surface area contributed by atoms with E-state index in [-0.39, 0.29) is 6.61 Å². The van der Waals surface area contributed by atoms with Gasteiger partial charge in [-0.15, -0.1) is 0 Å². The van der Waals surface area contributed by atoms with Gasteiger partial charge in [0.25, 0.3) is 0 Å². The highest BCUT2D eigenvalue weighted by molar-refractivity contribution is 4.64. The fourth-order valence-electron chi connectivity index (χ4n) is 0.211. The zero-order chi connectivity index (χ0) is 4.99. The maximum atomic E-state index is 8.18.